The van der Waals surface area contributed by atoms with Crippen LogP contribution in [-0.4, -0.2) is 49.7 Å². The molecule has 3 N–H and O–H groups in total. The lowest BCUT2D eigenvalue weighted by molar-refractivity contribution is 0.00873. The van der Waals surface area contributed by atoms with E-state index in [1.54, 1.807) is 36.4 Å². The van der Waals surface area contributed by atoms with Crippen LogP contribution in [0.5, 0.6) is 11.5 Å². The molecule has 0 aliphatic carbocycles. The second kappa shape index (κ2) is 10.5. The fraction of sp³-hybridized carbons (Fsp3) is 0.231. The van der Waals surface area contributed by atoms with E-state index in [4.69, 9.17) is 18.9 Å². The van der Waals surface area contributed by atoms with Crippen LogP contribution in [-0.2, 0) is 14.2 Å². The van der Waals surface area contributed by atoms with Gasteiger partial charge in [0.1, 0.15) is 23.7 Å². The lowest BCUT2D eigenvalue weighted by Crippen LogP contribution is -2.46. The Kier molecular flexibility index (Phi) is 6.78. The summed E-state index contributed by atoms with van der Waals surface area (Å²) in [5.74, 6) is 1.38. The topological polar surface area (TPSA) is 107 Å². The van der Waals surface area contributed by atoms with Crippen LogP contribution < -0.4 is 20.7 Å². The number of urea groups is 1. The van der Waals surface area contributed by atoms with Crippen molar-refractivity contribution in [2.45, 2.75) is 24.4 Å². The molecule has 2 fully saturated rings. The van der Waals surface area contributed by atoms with E-state index >= 15 is 0 Å². The third-order valence-corrected chi connectivity index (χ3v) is 5.69. The zero-order valence-electron chi connectivity index (χ0n) is 18.8. The molecule has 35 heavy (non-hydrogen) atoms. The molecular weight excluding hydrogens is 450 g/mol. The van der Waals surface area contributed by atoms with Crippen LogP contribution in [0.1, 0.15) is 0 Å². The van der Waals surface area contributed by atoms with E-state index in [9.17, 15) is 9.59 Å². The SMILES string of the molecule is O=C(Nc1ccccc1)N[C@H]1CO[C@H]2[C@@H]1OC[C@H]2OC(=O)Nc1ccc(Oc2ccccc2)cc1. The Labute approximate surface area is 202 Å². The van der Waals surface area contributed by atoms with E-state index in [1.807, 2.05) is 48.5 Å². The maximum atomic E-state index is 12.4. The predicted molar refractivity (Wildman–Crippen MR) is 129 cm³/mol. The third-order valence-electron chi connectivity index (χ3n) is 5.69. The Hall–Kier alpha value is -4.08. The van der Waals surface area contributed by atoms with Gasteiger partial charge in [-0.1, -0.05) is 36.4 Å². The van der Waals surface area contributed by atoms with E-state index in [-0.39, 0.29) is 25.3 Å². The molecule has 0 saturated carbocycles. The van der Waals surface area contributed by atoms with Crippen LogP contribution in [0.15, 0.2) is 84.9 Å². The van der Waals surface area contributed by atoms with Crippen molar-refractivity contribution in [2.24, 2.45) is 0 Å². The monoisotopic (exact) mass is 475 g/mol. The lowest BCUT2D eigenvalue weighted by atomic mass is 10.1. The smallest absolute Gasteiger partial charge is 0.412 e. The normalized spacial score (nSPS) is 22.6. The molecule has 3 aromatic carbocycles. The van der Waals surface area contributed by atoms with Crippen molar-refractivity contribution in [1.29, 1.82) is 0 Å². The highest BCUT2D eigenvalue weighted by molar-refractivity contribution is 5.89. The number of carbonyl (C=O) groups excluding carboxylic acids is 2. The molecule has 0 spiro atoms. The fourth-order valence-corrected chi connectivity index (χ4v) is 4.06. The molecule has 4 atom stereocenters. The van der Waals surface area contributed by atoms with Crippen molar-refractivity contribution in [2.75, 3.05) is 23.8 Å². The van der Waals surface area contributed by atoms with Crippen LogP contribution in [0.25, 0.3) is 0 Å². The largest absolute Gasteiger partial charge is 0.457 e. The number of fused-ring (bicyclic) bond motifs is 1. The molecule has 0 aromatic heterocycles. The fourth-order valence-electron chi connectivity index (χ4n) is 4.06. The number of rotatable bonds is 6. The maximum Gasteiger partial charge on any atom is 0.412 e. The minimum atomic E-state index is -0.613. The van der Waals surface area contributed by atoms with Gasteiger partial charge in [-0.15, -0.1) is 0 Å². The van der Waals surface area contributed by atoms with E-state index in [0.29, 0.717) is 17.1 Å². The van der Waals surface area contributed by atoms with Crippen molar-refractivity contribution in [3.05, 3.63) is 84.9 Å². The molecule has 5 rings (SSSR count). The van der Waals surface area contributed by atoms with Crippen molar-refractivity contribution < 1.29 is 28.5 Å². The first-order valence-corrected chi connectivity index (χ1v) is 11.3. The summed E-state index contributed by atoms with van der Waals surface area (Å²) >= 11 is 0. The van der Waals surface area contributed by atoms with Gasteiger partial charge in [0.2, 0.25) is 0 Å². The highest BCUT2D eigenvalue weighted by Crippen LogP contribution is 2.29. The standard InChI is InChI=1S/C26H25N3O6/c30-25(27-17-7-3-1-4-8-17)29-21-15-32-24-22(16-33-23(21)24)35-26(31)28-18-11-13-20(14-12-18)34-19-9-5-2-6-10-19/h1-14,21-24H,15-16H2,(H,28,31)(H2,27,29,30)/t21-,22+,23+,24+/m0/s1. The van der Waals surface area contributed by atoms with Crippen LogP contribution >= 0.6 is 0 Å². The number of ether oxygens (including phenoxy) is 4. The van der Waals surface area contributed by atoms with E-state index in [1.165, 1.54) is 0 Å². The highest BCUT2D eigenvalue weighted by Gasteiger charge is 2.50. The van der Waals surface area contributed by atoms with Gasteiger partial charge in [0.15, 0.2) is 6.10 Å². The van der Waals surface area contributed by atoms with Crippen LogP contribution in [0.2, 0.25) is 0 Å². The summed E-state index contributed by atoms with van der Waals surface area (Å²) in [5, 5.41) is 8.34. The van der Waals surface area contributed by atoms with Gasteiger partial charge >= 0.3 is 12.1 Å². The summed E-state index contributed by atoms with van der Waals surface area (Å²) in [5.41, 5.74) is 1.25. The molecule has 2 aliphatic heterocycles. The van der Waals surface area contributed by atoms with E-state index < -0.39 is 24.4 Å². The van der Waals surface area contributed by atoms with Gasteiger partial charge in [-0.25, -0.2) is 9.59 Å². The molecule has 0 bridgehead atoms. The zero-order chi connectivity index (χ0) is 24.0. The summed E-state index contributed by atoms with van der Waals surface area (Å²) in [6.07, 6.45) is -2.05. The number of hydrogen-bond donors (Lipinski definition) is 3. The number of nitrogens with one attached hydrogen (secondary N) is 3. The first-order chi connectivity index (χ1) is 17.1. The van der Waals surface area contributed by atoms with Gasteiger partial charge < -0.3 is 29.6 Å². The Morgan fingerprint density at radius 2 is 1.34 bits per heavy atom. The van der Waals surface area contributed by atoms with Crippen molar-refractivity contribution in [1.82, 2.24) is 5.32 Å². The van der Waals surface area contributed by atoms with Crippen LogP contribution in [0.4, 0.5) is 21.0 Å². The maximum absolute atomic E-state index is 12.4. The van der Waals surface area contributed by atoms with Crippen molar-refractivity contribution in [3.63, 3.8) is 0 Å². The Morgan fingerprint density at radius 1 is 0.714 bits per heavy atom. The molecule has 2 heterocycles. The Bertz CT molecular complexity index is 1140. The van der Waals surface area contributed by atoms with Crippen molar-refractivity contribution >= 4 is 23.5 Å². The molecule has 2 aliphatic rings. The van der Waals surface area contributed by atoms with Gasteiger partial charge in [0, 0.05) is 11.4 Å². The molecule has 3 amide bonds. The van der Waals surface area contributed by atoms with E-state index in [2.05, 4.69) is 16.0 Å². The number of carbonyl (C=O) groups is 2. The van der Waals surface area contributed by atoms with Crippen LogP contribution in [0, 0.1) is 0 Å². The molecule has 3 aromatic rings. The molecule has 9 nitrogen and oxygen atoms in total. The van der Waals surface area contributed by atoms with Gasteiger partial charge in [-0.05, 0) is 48.5 Å². The number of anilines is 2. The van der Waals surface area contributed by atoms with Crippen LogP contribution in [0.3, 0.4) is 0 Å². The number of para-hydroxylation sites is 2. The van der Waals surface area contributed by atoms with E-state index in [0.717, 1.165) is 5.75 Å². The molecule has 0 unspecified atom stereocenters. The predicted octanol–water partition coefficient (Wildman–Crippen LogP) is 4.38. The first-order valence-electron chi connectivity index (χ1n) is 11.3. The number of benzene rings is 3. The number of amides is 3. The minimum absolute atomic E-state index is 0.186. The Morgan fingerprint density at radius 3 is 2.09 bits per heavy atom. The minimum Gasteiger partial charge on any atom is -0.457 e. The van der Waals surface area contributed by atoms with Gasteiger partial charge in [0.25, 0.3) is 0 Å². The second-order valence-electron chi connectivity index (χ2n) is 8.18. The molecule has 9 heteroatoms. The third kappa shape index (κ3) is 5.71. The summed E-state index contributed by atoms with van der Waals surface area (Å²) in [6, 6.07) is 24.8. The molecule has 0 radical (unpaired) electrons. The molecule has 2 saturated heterocycles. The first kappa shape index (κ1) is 22.7. The average molecular weight is 476 g/mol. The highest BCUT2D eigenvalue weighted by atomic mass is 16.6. The summed E-state index contributed by atoms with van der Waals surface area (Å²) in [4.78, 5) is 24.7. The van der Waals surface area contributed by atoms with Gasteiger partial charge in [0.05, 0.1) is 19.3 Å². The quantitative estimate of drug-likeness (QED) is 0.488. The summed E-state index contributed by atoms with van der Waals surface area (Å²) < 4.78 is 22.9. The van der Waals surface area contributed by atoms with Gasteiger partial charge in [-0.2, -0.15) is 0 Å². The van der Waals surface area contributed by atoms with Crippen molar-refractivity contribution in [3.8, 4) is 11.5 Å². The van der Waals surface area contributed by atoms with Gasteiger partial charge in [-0.3, -0.25) is 5.32 Å². The summed E-state index contributed by atoms with van der Waals surface area (Å²) in [6.45, 7) is 0.451. The zero-order valence-corrected chi connectivity index (χ0v) is 18.8. The average Bonchev–Trinajstić information content (AvgIpc) is 3.45. The second-order valence-corrected chi connectivity index (χ2v) is 8.18. The Balaban J connectivity index is 1.09. The number of hydrogen-bond acceptors (Lipinski definition) is 6. The lowest BCUT2D eigenvalue weighted by Gasteiger charge is -2.18. The summed E-state index contributed by atoms with van der Waals surface area (Å²) in [7, 11) is 0. The molecular formula is C26H25N3O6. The molecule has 180 valence electrons.